The number of carbonyl (C=O) groups is 2. The second kappa shape index (κ2) is 7.24. The van der Waals surface area contributed by atoms with E-state index in [0.717, 1.165) is 7.11 Å². The van der Waals surface area contributed by atoms with Crippen molar-refractivity contribution in [1.82, 2.24) is 4.72 Å². The summed E-state index contributed by atoms with van der Waals surface area (Å²) in [5.74, 6) is -1.77. The van der Waals surface area contributed by atoms with Crippen LogP contribution < -0.4 is 4.72 Å². The highest BCUT2D eigenvalue weighted by molar-refractivity contribution is 7.89. The van der Waals surface area contributed by atoms with E-state index >= 15 is 0 Å². The number of ether oxygens (including phenoxy) is 1. The SMILES string of the molecule is COC(=O)CNS(=O)(=O)c1ccc(-c2ccccc2C(=O)O)cc1. The summed E-state index contributed by atoms with van der Waals surface area (Å²) in [7, 11) is -2.70. The summed E-state index contributed by atoms with van der Waals surface area (Å²) in [4.78, 5) is 22.2. The number of methoxy groups -OCH3 is 1. The number of carbonyl (C=O) groups excluding carboxylic acids is 1. The topological polar surface area (TPSA) is 110 Å². The average Bonchev–Trinajstić information content (AvgIpc) is 2.59. The van der Waals surface area contributed by atoms with Gasteiger partial charge in [0.1, 0.15) is 6.54 Å². The number of nitrogens with one attached hydrogen (secondary N) is 1. The van der Waals surface area contributed by atoms with Crippen LogP contribution >= 0.6 is 0 Å². The van der Waals surface area contributed by atoms with Crippen LogP contribution in [0.15, 0.2) is 53.4 Å². The molecule has 0 aromatic heterocycles. The molecular weight excluding hydrogens is 334 g/mol. The van der Waals surface area contributed by atoms with Gasteiger partial charge in [0.05, 0.1) is 17.6 Å². The molecule has 0 spiro atoms. The molecule has 0 saturated carbocycles. The Labute approximate surface area is 138 Å². The highest BCUT2D eigenvalue weighted by atomic mass is 32.2. The first-order chi connectivity index (χ1) is 11.3. The molecule has 0 saturated heterocycles. The minimum atomic E-state index is -3.86. The predicted molar refractivity (Wildman–Crippen MR) is 86.0 cm³/mol. The number of esters is 1. The quantitative estimate of drug-likeness (QED) is 0.765. The fourth-order valence-corrected chi connectivity index (χ4v) is 3.01. The van der Waals surface area contributed by atoms with Crippen LogP contribution in [0.1, 0.15) is 10.4 Å². The van der Waals surface area contributed by atoms with E-state index in [1.807, 2.05) is 0 Å². The van der Waals surface area contributed by atoms with Crippen LogP contribution in [0, 0.1) is 0 Å². The number of hydrogen-bond donors (Lipinski definition) is 2. The van der Waals surface area contributed by atoms with Gasteiger partial charge in [-0.25, -0.2) is 13.2 Å². The van der Waals surface area contributed by atoms with Crippen LogP contribution in [0.2, 0.25) is 0 Å². The lowest BCUT2D eigenvalue weighted by atomic mass is 10.00. The van der Waals surface area contributed by atoms with Crippen molar-refractivity contribution in [3.63, 3.8) is 0 Å². The number of carboxylic acid groups (broad SMARTS) is 1. The summed E-state index contributed by atoms with van der Waals surface area (Å²) in [5, 5.41) is 9.21. The van der Waals surface area contributed by atoms with Crippen molar-refractivity contribution < 1.29 is 27.9 Å². The summed E-state index contributed by atoms with van der Waals surface area (Å²) in [6.07, 6.45) is 0. The number of benzene rings is 2. The third-order valence-corrected chi connectivity index (χ3v) is 4.68. The molecule has 2 N–H and O–H groups in total. The van der Waals surface area contributed by atoms with Crippen molar-refractivity contribution >= 4 is 22.0 Å². The third-order valence-electron chi connectivity index (χ3n) is 3.27. The molecule has 0 fully saturated rings. The first-order valence-electron chi connectivity index (χ1n) is 6.84. The predicted octanol–water partition coefficient (Wildman–Crippen LogP) is 1.50. The Balaban J connectivity index is 2.28. The molecule has 126 valence electrons. The fraction of sp³-hybridized carbons (Fsp3) is 0.125. The molecule has 0 bridgehead atoms. The van der Waals surface area contributed by atoms with Crippen molar-refractivity contribution in [1.29, 1.82) is 0 Å². The molecule has 0 aliphatic rings. The van der Waals surface area contributed by atoms with E-state index in [1.54, 1.807) is 18.2 Å². The molecule has 24 heavy (non-hydrogen) atoms. The molecule has 0 radical (unpaired) electrons. The molecular formula is C16H15NO6S. The normalized spacial score (nSPS) is 11.0. The lowest BCUT2D eigenvalue weighted by molar-refractivity contribution is -0.139. The van der Waals surface area contributed by atoms with Crippen molar-refractivity contribution in [3.05, 3.63) is 54.1 Å². The number of carboxylic acids is 1. The molecule has 0 amide bonds. The maximum Gasteiger partial charge on any atom is 0.336 e. The van der Waals surface area contributed by atoms with Crippen molar-refractivity contribution in [2.75, 3.05) is 13.7 Å². The Kier molecular flexibility index (Phi) is 5.32. The summed E-state index contributed by atoms with van der Waals surface area (Å²) in [6, 6.07) is 12.1. The van der Waals surface area contributed by atoms with Gasteiger partial charge in [0.2, 0.25) is 10.0 Å². The van der Waals surface area contributed by atoms with Gasteiger partial charge in [0.15, 0.2) is 0 Å². The van der Waals surface area contributed by atoms with Crippen LogP contribution in [0.25, 0.3) is 11.1 Å². The van der Waals surface area contributed by atoms with Gasteiger partial charge < -0.3 is 9.84 Å². The molecule has 2 aromatic carbocycles. The van der Waals surface area contributed by atoms with Crippen LogP contribution in [-0.4, -0.2) is 39.1 Å². The van der Waals surface area contributed by atoms with Crippen LogP contribution in [0.5, 0.6) is 0 Å². The van der Waals surface area contributed by atoms with Crippen LogP contribution in [-0.2, 0) is 19.6 Å². The highest BCUT2D eigenvalue weighted by Gasteiger charge is 2.17. The van der Waals surface area contributed by atoms with E-state index in [-0.39, 0.29) is 10.5 Å². The maximum atomic E-state index is 12.1. The summed E-state index contributed by atoms with van der Waals surface area (Å²) < 4.78 is 30.6. The molecule has 2 rings (SSSR count). The van der Waals surface area contributed by atoms with Gasteiger partial charge in [-0.3, -0.25) is 4.79 Å². The van der Waals surface area contributed by atoms with Crippen molar-refractivity contribution in [3.8, 4) is 11.1 Å². The Morgan fingerprint density at radius 2 is 1.71 bits per heavy atom. The van der Waals surface area contributed by atoms with E-state index in [1.165, 1.54) is 30.3 Å². The smallest absolute Gasteiger partial charge is 0.336 e. The largest absolute Gasteiger partial charge is 0.478 e. The number of sulfonamides is 1. The van der Waals surface area contributed by atoms with Gasteiger partial charge >= 0.3 is 11.9 Å². The fourth-order valence-electron chi connectivity index (χ4n) is 2.04. The lowest BCUT2D eigenvalue weighted by Gasteiger charge is -2.09. The summed E-state index contributed by atoms with van der Waals surface area (Å²) >= 11 is 0. The summed E-state index contributed by atoms with van der Waals surface area (Å²) in [6.45, 7) is -0.470. The highest BCUT2D eigenvalue weighted by Crippen LogP contribution is 2.25. The van der Waals surface area contributed by atoms with E-state index in [0.29, 0.717) is 11.1 Å². The Morgan fingerprint density at radius 3 is 2.29 bits per heavy atom. The second-order valence-electron chi connectivity index (χ2n) is 4.78. The van der Waals surface area contributed by atoms with Gasteiger partial charge in [-0.05, 0) is 29.3 Å². The molecule has 8 heteroatoms. The maximum absolute atomic E-state index is 12.1. The molecule has 0 heterocycles. The second-order valence-corrected chi connectivity index (χ2v) is 6.54. The number of rotatable bonds is 6. The van der Waals surface area contributed by atoms with E-state index in [2.05, 4.69) is 9.46 Å². The van der Waals surface area contributed by atoms with Gasteiger partial charge in [0.25, 0.3) is 0 Å². The zero-order chi connectivity index (χ0) is 17.7. The van der Waals surface area contributed by atoms with Gasteiger partial charge in [-0.2, -0.15) is 4.72 Å². The van der Waals surface area contributed by atoms with Crippen LogP contribution in [0.3, 0.4) is 0 Å². The third kappa shape index (κ3) is 3.98. The Bertz CT molecular complexity index is 858. The van der Waals surface area contributed by atoms with Crippen LogP contribution in [0.4, 0.5) is 0 Å². The van der Waals surface area contributed by atoms with Gasteiger partial charge in [0, 0.05) is 0 Å². The van der Waals surface area contributed by atoms with E-state index in [4.69, 9.17) is 0 Å². The first kappa shape index (κ1) is 17.6. The Hall–Kier alpha value is -2.71. The minimum absolute atomic E-state index is 0.0389. The lowest BCUT2D eigenvalue weighted by Crippen LogP contribution is -2.30. The molecule has 0 aliphatic carbocycles. The molecule has 0 unspecified atom stereocenters. The molecule has 7 nitrogen and oxygen atoms in total. The minimum Gasteiger partial charge on any atom is -0.478 e. The monoisotopic (exact) mass is 349 g/mol. The molecule has 2 aromatic rings. The van der Waals surface area contributed by atoms with E-state index < -0.39 is 28.5 Å². The summed E-state index contributed by atoms with van der Waals surface area (Å²) in [5.41, 5.74) is 1.17. The zero-order valence-corrected chi connectivity index (χ0v) is 13.5. The van der Waals surface area contributed by atoms with Gasteiger partial charge in [-0.15, -0.1) is 0 Å². The molecule has 0 atom stereocenters. The van der Waals surface area contributed by atoms with E-state index in [9.17, 15) is 23.1 Å². The molecule has 0 aliphatic heterocycles. The van der Waals surface area contributed by atoms with Crippen molar-refractivity contribution in [2.45, 2.75) is 4.90 Å². The van der Waals surface area contributed by atoms with Gasteiger partial charge in [-0.1, -0.05) is 30.3 Å². The van der Waals surface area contributed by atoms with Crippen molar-refractivity contribution in [2.24, 2.45) is 0 Å². The standard InChI is InChI=1S/C16H15NO6S/c1-23-15(18)10-17-24(21,22)12-8-6-11(7-9-12)13-4-2-3-5-14(13)16(19)20/h2-9,17H,10H2,1H3,(H,19,20). The number of aromatic carboxylic acids is 1. The zero-order valence-electron chi connectivity index (χ0n) is 12.7. The Morgan fingerprint density at radius 1 is 1.08 bits per heavy atom. The average molecular weight is 349 g/mol. The first-order valence-corrected chi connectivity index (χ1v) is 8.32. The number of hydrogen-bond acceptors (Lipinski definition) is 5.